The third-order valence-corrected chi connectivity index (χ3v) is 4.58. The van der Waals surface area contributed by atoms with Gasteiger partial charge in [0.05, 0.1) is 24.0 Å². The van der Waals surface area contributed by atoms with E-state index in [1.54, 1.807) is 24.4 Å². The molecule has 0 unspecified atom stereocenters. The zero-order valence-corrected chi connectivity index (χ0v) is 14.6. The van der Waals surface area contributed by atoms with Gasteiger partial charge < -0.3 is 20.6 Å². The maximum Gasteiger partial charge on any atom is 0.188 e. The Hall–Kier alpha value is -1.48. The molecular weight excluding hydrogens is 366 g/mol. The summed E-state index contributed by atoms with van der Waals surface area (Å²) in [4.78, 5) is 14.3. The Morgan fingerprint density at radius 2 is 2.14 bits per heavy atom. The number of nitrogens with one attached hydrogen (secondary N) is 5. The van der Waals surface area contributed by atoms with E-state index in [1.807, 2.05) is 6.20 Å². The van der Waals surface area contributed by atoms with Crippen molar-refractivity contribution in [2.75, 3.05) is 18.8 Å². The minimum atomic E-state index is 0.378. The largest absolute Gasteiger partial charge is 0.357 e. The van der Waals surface area contributed by atoms with E-state index in [1.165, 1.54) is 0 Å². The molecule has 5 N–H and O–H groups in total. The first-order chi connectivity index (χ1) is 10.8. The average molecular weight is 386 g/mol. The maximum absolute atomic E-state index is 7.77. The standard InChI is InChI=1S/C13H20BrN7S/c14-12-11(20-9-21-12)7-22-5-4-18-13(15)17-3-1-2-10-6-16-8-19-10/h6,8-9H,1-5,7H2,(H,16,19)(H,20,21)(H3,15,17,18). The molecule has 0 amide bonds. The third-order valence-electron chi connectivity index (χ3n) is 2.92. The van der Waals surface area contributed by atoms with Gasteiger partial charge in [0.25, 0.3) is 0 Å². The van der Waals surface area contributed by atoms with Crippen LogP contribution in [-0.4, -0.2) is 44.7 Å². The maximum atomic E-state index is 7.77. The van der Waals surface area contributed by atoms with Crippen LogP contribution in [0.1, 0.15) is 17.8 Å². The number of aromatic amines is 2. The SMILES string of the molecule is N=C(NCCCc1c[nH]cn1)NCCSCc1nc[nH]c1Br. The molecule has 0 aliphatic heterocycles. The predicted octanol–water partition coefficient (Wildman–Crippen LogP) is 1.88. The number of halogens is 1. The van der Waals surface area contributed by atoms with Crippen molar-refractivity contribution in [3.8, 4) is 0 Å². The molecule has 0 atom stereocenters. The first-order valence-electron chi connectivity index (χ1n) is 7.05. The lowest BCUT2D eigenvalue weighted by Gasteiger charge is -2.09. The molecule has 0 aliphatic carbocycles. The Labute approximate surface area is 142 Å². The lowest BCUT2D eigenvalue weighted by molar-refractivity contribution is 0.739. The minimum absolute atomic E-state index is 0.378. The van der Waals surface area contributed by atoms with Crippen molar-refractivity contribution in [3.63, 3.8) is 0 Å². The quantitative estimate of drug-likeness (QED) is 0.257. The first kappa shape index (κ1) is 16.9. The van der Waals surface area contributed by atoms with Crippen LogP contribution in [0.2, 0.25) is 0 Å². The smallest absolute Gasteiger partial charge is 0.188 e. The second kappa shape index (κ2) is 9.52. The molecule has 0 aliphatic rings. The fourth-order valence-corrected chi connectivity index (χ4v) is 3.13. The first-order valence-corrected chi connectivity index (χ1v) is 9.00. The number of thioether (sulfide) groups is 1. The lowest BCUT2D eigenvalue weighted by atomic mass is 10.2. The molecule has 0 saturated carbocycles. The van der Waals surface area contributed by atoms with Crippen LogP contribution in [-0.2, 0) is 12.2 Å². The van der Waals surface area contributed by atoms with Crippen LogP contribution in [0.25, 0.3) is 0 Å². The molecule has 0 radical (unpaired) electrons. The normalized spacial score (nSPS) is 10.6. The predicted molar refractivity (Wildman–Crippen MR) is 93.1 cm³/mol. The molecule has 0 spiro atoms. The number of hydrogen-bond acceptors (Lipinski definition) is 4. The monoisotopic (exact) mass is 385 g/mol. The van der Waals surface area contributed by atoms with Gasteiger partial charge in [-0.3, -0.25) is 5.41 Å². The zero-order chi connectivity index (χ0) is 15.6. The minimum Gasteiger partial charge on any atom is -0.357 e. The number of H-pyrrole nitrogens is 2. The van der Waals surface area contributed by atoms with Crippen LogP contribution in [0.5, 0.6) is 0 Å². The van der Waals surface area contributed by atoms with Crippen molar-refractivity contribution in [1.82, 2.24) is 30.6 Å². The van der Waals surface area contributed by atoms with E-state index in [2.05, 4.69) is 46.5 Å². The van der Waals surface area contributed by atoms with Crippen molar-refractivity contribution in [2.24, 2.45) is 0 Å². The van der Waals surface area contributed by atoms with Crippen molar-refractivity contribution in [3.05, 3.63) is 34.8 Å². The van der Waals surface area contributed by atoms with Crippen LogP contribution in [0.4, 0.5) is 0 Å². The summed E-state index contributed by atoms with van der Waals surface area (Å²) >= 11 is 5.19. The molecule has 0 aromatic carbocycles. The zero-order valence-electron chi connectivity index (χ0n) is 12.2. The Morgan fingerprint density at radius 3 is 2.86 bits per heavy atom. The van der Waals surface area contributed by atoms with Crippen LogP contribution in [0, 0.1) is 5.41 Å². The number of aryl methyl sites for hydroxylation is 1. The van der Waals surface area contributed by atoms with Crippen LogP contribution < -0.4 is 10.6 Å². The van der Waals surface area contributed by atoms with E-state index in [4.69, 9.17) is 5.41 Å². The highest BCUT2D eigenvalue weighted by molar-refractivity contribution is 9.10. The lowest BCUT2D eigenvalue weighted by Crippen LogP contribution is -2.38. The molecule has 120 valence electrons. The highest BCUT2D eigenvalue weighted by Gasteiger charge is 2.02. The number of nitrogens with zero attached hydrogens (tertiary/aromatic N) is 2. The topological polar surface area (TPSA) is 105 Å². The second-order valence-electron chi connectivity index (χ2n) is 4.61. The van der Waals surface area contributed by atoms with Gasteiger partial charge in [-0.15, -0.1) is 0 Å². The van der Waals surface area contributed by atoms with Gasteiger partial charge in [-0.1, -0.05) is 0 Å². The fraction of sp³-hybridized carbons (Fsp3) is 0.462. The van der Waals surface area contributed by atoms with Gasteiger partial charge in [0.15, 0.2) is 5.96 Å². The summed E-state index contributed by atoms with van der Waals surface area (Å²) in [5.41, 5.74) is 2.08. The van der Waals surface area contributed by atoms with Gasteiger partial charge in [-0.25, -0.2) is 9.97 Å². The van der Waals surface area contributed by atoms with Gasteiger partial charge in [-0.05, 0) is 28.8 Å². The van der Waals surface area contributed by atoms with E-state index in [0.717, 1.165) is 53.4 Å². The Balaban J connectivity index is 1.45. The van der Waals surface area contributed by atoms with Gasteiger partial charge in [0, 0.05) is 30.8 Å². The Morgan fingerprint density at radius 1 is 1.27 bits per heavy atom. The summed E-state index contributed by atoms with van der Waals surface area (Å²) in [6, 6.07) is 0. The molecule has 0 saturated heterocycles. The molecule has 0 fully saturated rings. The van der Waals surface area contributed by atoms with E-state index in [0.29, 0.717) is 5.96 Å². The molecule has 7 nitrogen and oxygen atoms in total. The van der Waals surface area contributed by atoms with Gasteiger partial charge in [0.2, 0.25) is 0 Å². The molecule has 2 heterocycles. The van der Waals surface area contributed by atoms with Gasteiger partial charge >= 0.3 is 0 Å². The van der Waals surface area contributed by atoms with E-state index < -0.39 is 0 Å². The molecule has 0 bridgehead atoms. The number of aromatic nitrogens is 4. The molecule has 2 rings (SSSR count). The second-order valence-corrected chi connectivity index (χ2v) is 6.51. The van der Waals surface area contributed by atoms with Crippen molar-refractivity contribution >= 4 is 33.7 Å². The molecule has 2 aromatic heterocycles. The summed E-state index contributed by atoms with van der Waals surface area (Å²) in [5.74, 6) is 2.16. The summed E-state index contributed by atoms with van der Waals surface area (Å²) in [6.07, 6.45) is 7.14. The van der Waals surface area contributed by atoms with Crippen LogP contribution >= 0.6 is 27.7 Å². The number of rotatable bonds is 9. The number of hydrogen-bond donors (Lipinski definition) is 5. The van der Waals surface area contributed by atoms with Crippen LogP contribution in [0.15, 0.2) is 23.5 Å². The van der Waals surface area contributed by atoms with Crippen molar-refractivity contribution in [1.29, 1.82) is 5.41 Å². The van der Waals surface area contributed by atoms with E-state index >= 15 is 0 Å². The van der Waals surface area contributed by atoms with E-state index in [9.17, 15) is 0 Å². The van der Waals surface area contributed by atoms with Crippen LogP contribution in [0.3, 0.4) is 0 Å². The Bertz CT molecular complexity index is 554. The summed E-state index contributed by atoms with van der Waals surface area (Å²) in [5, 5.41) is 13.9. The van der Waals surface area contributed by atoms with E-state index in [-0.39, 0.29) is 0 Å². The number of guanidine groups is 1. The summed E-state index contributed by atoms with van der Waals surface area (Å²) in [6.45, 7) is 1.53. The van der Waals surface area contributed by atoms with Gasteiger partial charge in [-0.2, -0.15) is 11.8 Å². The highest BCUT2D eigenvalue weighted by Crippen LogP contribution is 2.16. The molecule has 9 heteroatoms. The number of imidazole rings is 2. The molecular formula is C13H20BrN7S. The average Bonchev–Trinajstić information content (AvgIpc) is 3.15. The fourth-order valence-electron chi connectivity index (χ4n) is 1.80. The molecule has 22 heavy (non-hydrogen) atoms. The summed E-state index contributed by atoms with van der Waals surface area (Å²) in [7, 11) is 0. The van der Waals surface area contributed by atoms with Crippen molar-refractivity contribution < 1.29 is 0 Å². The molecule has 2 aromatic rings. The van der Waals surface area contributed by atoms with Crippen molar-refractivity contribution in [2.45, 2.75) is 18.6 Å². The summed E-state index contributed by atoms with van der Waals surface area (Å²) < 4.78 is 0.944. The highest BCUT2D eigenvalue weighted by atomic mass is 79.9. The van der Waals surface area contributed by atoms with Gasteiger partial charge in [0.1, 0.15) is 4.60 Å². The third kappa shape index (κ3) is 6.10. The Kier molecular flexibility index (Phi) is 7.31.